The first kappa shape index (κ1) is 16.6. The van der Waals surface area contributed by atoms with Gasteiger partial charge in [-0.15, -0.1) is 0 Å². The van der Waals surface area contributed by atoms with E-state index in [1.54, 1.807) is 6.20 Å². The average Bonchev–Trinajstić information content (AvgIpc) is 3.02. The second-order valence-electron chi connectivity index (χ2n) is 6.04. The minimum atomic E-state index is 0.264. The molecule has 2 aliphatic rings. The van der Waals surface area contributed by atoms with E-state index in [1.165, 1.54) is 0 Å². The normalized spacial score (nSPS) is 19.3. The SMILES string of the molecule is C[C@H]1CN(c2ccc(Cl)c(Cl)c2)C=C2C(c3ccnc(Cl)c3)=CNN21. The molecule has 128 valence electrons. The minimum Gasteiger partial charge on any atom is -0.344 e. The van der Waals surface area contributed by atoms with Crippen molar-refractivity contribution in [3.8, 4) is 0 Å². The number of hydrogen-bond acceptors (Lipinski definition) is 4. The first-order valence-electron chi connectivity index (χ1n) is 7.84. The summed E-state index contributed by atoms with van der Waals surface area (Å²) in [6.45, 7) is 2.99. The van der Waals surface area contributed by atoms with E-state index in [1.807, 2.05) is 36.5 Å². The predicted molar refractivity (Wildman–Crippen MR) is 104 cm³/mol. The Bertz CT molecular complexity index is 894. The number of nitrogens with zero attached hydrogens (tertiary/aromatic N) is 3. The molecule has 0 saturated carbocycles. The van der Waals surface area contributed by atoms with E-state index in [2.05, 4.69) is 33.4 Å². The van der Waals surface area contributed by atoms with Gasteiger partial charge >= 0.3 is 0 Å². The molecule has 4 nitrogen and oxygen atoms in total. The molecule has 0 unspecified atom stereocenters. The van der Waals surface area contributed by atoms with Crippen LogP contribution >= 0.6 is 34.8 Å². The van der Waals surface area contributed by atoms with Crippen molar-refractivity contribution in [2.75, 3.05) is 11.4 Å². The fourth-order valence-electron chi connectivity index (χ4n) is 3.12. The lowest BCUT2D eigenvalue weighted by Gasteiger charge is -2.38. The van der Waals surface area contributed by atoms with E-state index in [9.17, 15) is 0 Å². The third-order valence-corrected chi connectivity index (χ3v) is 5.28. The largest absolute Gasteiger partial charge is 0.344 e. The summed E-state index contributed by atoms with van der Waals surface area (Å²) in [6, 6.07) is 9.76. The number of hydrogen-bond donors (Lipinski definition) is 1. The zero-order valence-electron chi connectivity index (χ0n) is 13.4. The molecule has 25 heavy (non-hydrogen) atoms. The van der Waals surface area contributed by atoms with Gasteiger partial charge in [-0.05, 0) is 42.8 Å². The summed E-state index contributed by atoms with van der Waals surface area (Å²) in [4.78, 5) is 6.24. The Balaban J connectivity index is 1.73. The number of benzene rings is 1. The molecule has 3 heterocycles. The third kappa shape index (κ3) is 3.06. The zero-order valence-corrected chi connectivity index (χ0v) is 15.6. The maximum absolute atomic E-state index is 6.19. The number of hydrazine groups is 1. The topological polar surface area (TPSA) is 31.4 Å². The highest BCUT2D eigenvalue weighted by Crippen LogP contribution is 2.36. The maximum atomic E-state index is 6.19. The highest BCUT2D eigenvalue weighted by atomic mass is 35.5. The van der Waals surface area contributed by atoms with Crippen molar-refractivity contribution in [3.63, 3.8) is 0 Å². The molecule has 0 aliphatic carbocycles. The summed E-state index contributed by atoms with van der Waals surface area (Å²) >= 11 is 18.3. The number of rotatable bonds is 2. The molecule has 0 amide bonds. The van der Waals surface area contributed by atoms with Crippen LogP contribution in [0.3, 0.4) is 0 Å². The van der Waals surface area contributed by atoms with Gasteiger partial charge in [0.15, 0.2) is 0 Å². The lowest BCUT2D eigenvalue weighted by Crippen LogP contribution is -2.47. The van der Waals surface area contributed by atoms with E-state index < -0.39 is 0 Å². The van der Waals surface area contributed by atoms with Crippen LogP contribution in [0.1, 0.15) is 12.5 Å². The van der Waals surface area contributed by atoms with Crippen LogP contribution in [0.15, 0.2) is 54.6 Å². The number of fused-ring (bicyclic) bond motifs is 1. The molecule has 2 aromatic rings. The average molecular weight is 394 g/mol. The van der Waals surface area contributed by atoms with E-state index >= 15 is 0 Å². The summed E-state index contributed by atoms with van der Waals surface area (Å²) in [5, 5.41) is 3.73. The summed E-state index contributed by atoms with van der Waals surface area (Å²) in [6.07, 6.45) is 5.82. The van der Waals surface area contributed by atoms with Gasteiger partial charge in [0.05, 0.1) is 21.8 Å². The molecule has 0 fully saturated rings. The highest BCUT2D eigenvalue weighted by Gasteiger charge is 2.31. The number of aromatic nitrogens is 1. The van der Waals surface area contributed by atoms with Gasteiger partial charge in [-0.3, -0.25) is 5.01 Å². The fourth-order valence-corrected chi connectivity index (χ4v) is 3.58. The third-order valence-electron chi connectivity index (χ3n) is 4.34. The highest BCUT2D eigenvalue weighted by molar-refractivity contribution is 6.42. The molecule has 2 aliphatic heterocycles. The van der Waals surface area contributed by atoms with Crippen molar-refractivity contribution in [2.45, 2.75) is 13.0 Å². The van der Waals surface area contributed by atoms with E-state index in [0.717, 1.165) is 29.1 Å². The van der Waals surface area contributed by atoms with Gasteiger partial charge in [0.2, 0.25) is 0 Å². The second-order valence-corrected chi connectivity index (χ2v) is 7.24. The van der Waals surface area contributed by atoms with Crippen LogP contribution in [0.4, 0.5) is 5.69 Å². The number of allylic oxidation sites excluding steroid dienone is 1. The summed E-state index contributed by atoms with van der Waals surface area (Å²) < 4.78 is 0. The first-order valence-corrected chi connectivity index (χ1v) is 8.98. The van der Waals surface area contributed by atoms with Crippen LogP contribution in [0.5, 0.6) is 0 Å². The van der Waals surface area contributed by atoms with Crippen molar-refractivity contribution >= 4 is 46.1 Å². The molecule has 7 heteroatoms. The van der Waals surface area contributed by atoms with E-state index in [0.29, 0.717) is 15.2 Å². The second kappa shape index (κ2) is 6.45. The standard InChI is InChI=1S/C18H15Cl3N4/c1-11-9-24(13-2-3-15(19)16(20)7-13)10-17-14(8-23-25(11)17)12-4-5-22-18(21)6-12/h2-8,10-11,23H,9H2,1H3/t11-/m0/s1. The Morgan fingerprint density at radius 3 is 2.72 bits per heavy atom. The molecule has 0 spiro atoms. The number of halogens is 3. The van der Waals surface area contributed by atoms with Gasteiger partial charge < -0.3 is 10.3 Å². The first-order chi connectivity index (χ1) is 12.0. The molecule has 1 N–H and O–H groups in total. The van der Waals surface area contributed by atoms with Crippen LogP contribution in [-0.4, -0.2) is 22.6 Å². The molecule has 1 aromatic carbocycles. The number of anilines is 1. The van der Waals surface area contributed by atoms with Gasteiger partial charge in [0.25, 0.3) is 0 Å². The summed E-state index contributed by atoms with van der Waals surface area (Å²) in [5.74, 6) is 0. The monoisotopic (exact) mass is 392 g/mol. The Morgan fingerprint density at radius 1 is 1.12 bits per heavy atom. The number of pyridine rings is 1. The molecule has 1 atom stereocenters. The van der Waals surface area contributed by atoms with Crippen LogP contribution in [0.2, 0.25) is 15.2 Å². The number of nitrogens with one attached hydrogen (secondary N) is 1. The molecule has 0 bridgehead atoms. The van der Waals surface area contributed by atoms with Crippen molar-refractivity contribution in [1.29, 1.82) is 0 Å². The van der Waals surface area contributed by atoms with Crippen LogP contribution in [-0.2, 0) is 0 Å². The lowest BCUT2D eigenvalue weighted by molar-refractivity contribution is 0.232. The lowest BCUT2D eigenvalue weighted by atomic mass is 10.0. The Labute approximate surface area is 161 Å². The molecule has 4 rings (SSSR count). The van der Waals surface area contributed by atoms with Crippen LogP contribution in [0, 0.1) is 0 Å². The van der Waals surface area contributed by atoms with Gasteiger partial charge in [0, 0.05) is 36.4 Å². The smallest absolute Gasteiger partial charge is 0.129 e. The maximum Gasteiger partial charge on any atom is 0.129 e. The summed E-state index contributed by atoms with van der Waals surface area (Å²) in [7, 11) is 0. The van der Waals surface area contributed by atoms with Gasteiger partial charge in [-0.25, -0.2) is 4.98 Å². The summed E-state index contributed by atoms with van der Waals surface area (Å²) in [5.41, 5.74) is 7.51. The van der Waals surface area contributed by atoms with Gasteiger partial charge in [-0.1, -0.05) is 34.8 Å². The van der Waals surface area contributed by atoms with Crippen LogP contribution in [0.25, 0.3) is 5.57 Å². The van der Waals surface area contributed by atoms with Crippen molar-refractivity contribution in [3.05, 3.63) is 75.4 Å². The van der Waals surface area contributed by atoms with Crippen LogP contribution < -0.4 is 10.3 Å². The predicted octanol–water partition coefficient (Wildman–Crippen LogP) is 4.95. The van der Waals surface area contributed by atoms with Crippen molar-refractivity contribution in [1.82, 2.24) is 15.4 Å². The zero-order chi connectivity index (χ0) is 17.6. The molecule has 1 aromatic heterocycles. The van der Waals surface area contributed by atoms with Crippen molar-refractivity contribution < 1.29 is 0 Å². The van der Waals surface area contributed by atoms with E-state index in [4.69, 9.17) is 34.8 Å². The molecule has 0 radical (unpaired) electrons. The van der Waals surface area contributed by atoms with Gasteiger partial charge in [0.1, 0.15) is 5.15 Å². The minimum absolute atomic E-state index is 0.264. The molecule has 0 saturated heterocycles. The Morgan fingerprint density at radius 2 is 1.96 bits per heavy atom. The Kier molecular flexibility index (Phi) is 4.28. The molecular weight excluding hydrogens is 379 g/mol. The van der Waals surface area contributed by atoms with Crippen molar-refractivity contribution in [2.24, 2.45) is 0 Å². The van der Waals surface area contributed by atoms with Gasteiger partial charge in [-0.2, -0.15) is 0 Å². The Hall–Kier alpha value is -1.88. The van der Waals surface area contributed by atoms with E-state index in [-0.39, 0.29) is 6.04 Å². The molecular formula is C18H15Cl3N4. The fraction of sp³-hybridized carbons (Fsp3) is 0.167. The quantitative estimate of drug-likeness (QED) is 0.731.